The molecule has 3 aromatic rings. The maximum Gasteiger partial charge on any atom is 0.0222 e. The second-order valence-corrected chi connectivity index (χ2v) is 7.03. The Hall–Kier alpha value is -4.18. The first-order chi connectivity index (χ1) is 17.1. The van der Waals surface area contributed by atoms with Gasteiger partial charge in [0.05, 0.1) is 0 Å². The summed E-state index contributed by atoms with van der Waals surface area (Å²) in [6.45, 7) is 8.84. The smallest absolute Gasteiger partial charge is 0.0222 e. The van der Waals surface area contributed by atoms with Crippen LogP contribution in [-0.4, -0.2) is 16.9 Å². The predicted molar refractivity (Wildman–Crippen MR) is 121 cm³/mol. The maximum absolute atomic E-state index is 13.2. The van der Waals surface area contributed by atoms with E-state index in [9.17, 15) is 23.1 Å². The topological polar surface area (TPSA) is 111 Å². The van der Waals surface area contributed by atoms with Crippen molar-refractivity contribution >= 4 is 23.3 Å². The Morgan fingerprint density at radius 1 is 1.14 bits per heavy atom. The van der Waals surface area contributed by atoms with Gasteiger partial charge in [-0.1, -0.05) is 36.4 Å². The van der Waals surface area contributed by atoms with Crippen LogP contribution in [0.1, 0.15) is 16.8 Å². The molecule has 0 spiro atoms. The number of aliphatic imine (C=N–C) groups is 1. The first-order valence-electron chi connectivity index (χ1n) is 9.96. The van der Waals surface area contributed by atoms with Crippen molar-refractivity contribution in [3.63, 3.8) is 0 Å². The number of rotatable bonds is 7. The molecular formula is C24H19F3N5NiO3-3. The number of carbonyl (C=O) groups excluding carboxylic acids is 1. The fourth-order valence-electron chi connectivity index (χ4n) is 2.59. The summed E-state index contributed by atoms with van der Waals surface area (Å²) in [7, 11) is 0. The van der Waals surface area contributed by atoms with E-state index in [0.717, 1.165) is 11.8 Å². The molecule has 0 bridgehead atoms. The Morgan fingerprint density at radius 3 is 2.39 bits per heavy atom. The molecule has 0 aliphatic carbocycles. The van der Waals surface area contributed by atoms with Crippen molar-refractivity contribution in [1.29, 1.82) is 0 Å². The van der Waals surface area contributed by atoms with Gasteiger partial charge in [-0.2, -0.15) is 6.07 Å². The summed E-state index contributed by atoms with van der Waals surface area (Å²) in [4.78, 5) is 23.6. The van der Waals surface area contributed by atoms with Crippen LogP contribution in [0.5, 0.6) is 0 Å². The van der Waals surface area contributed by atoms with Gasteiger partial charge >= 0.3 is 135 Å². The zero-order chi connectivity index (χ0) is 26.6. The van der Waals surface area contributed by atoms with Gasteiger partial charge in [-0.25, -0.2) is 6.92 Å². The van der Waals surface area contributed by atoms with E-state index in [1.54, 1.807) is 36.5 Å². The Balaban J connectivity index is 0.000000558. The van der Waals surface area contributed by atoms with Crippen LogP contribution in [0.4, 0.5) is 29.3 Å². The van der Waals surface area contributed by atoms with E-state index in [2.05, 4.69) is 46.5 Å². The second-order valence-electron chi connectivity index (χ2n) is 6.85. The largest absolute Gasteiger partial charge is 0.296 e. The Kier molecular flexibility index (Phi) is 10.6. The van der Waals surface area contributed by atoms with Crippen LogP contribution >= 0.6 is 0 Å². The Bertz CT molecular complexity index is 1210. The van der Waals surface area contributed by atoms with Crippen LogP contribution < -0.4 is 15.7 Å². The van der Waals surface area contributed by atoms with Gasteiger partial charge in [0.1, 0.15) is 0 Å². The Labute approximate surface area is 213 Å². The molecule has 3 rings (SSSR count). The van der Waals surface area contributed by atoms with Crippen molar-refractivity contribution in [2.45, 2.75) is 12.6 Å². The van der Waals surface area contributed by atoms with E-state index in [1.807, 2.05) is 23.5 Å². The monoisotopic (exact) mass is 540 g/mol. The molecule has 2 aromatic carbocycles. The summed E-state index contributed by atoms with van der Waals surface area (Å²) < 4.78 is 42.3. The zero-order valence-electron chi connectivity index (χ0n) is 18.4. The summed E-state index contributed by atoms with van der Waals surface area (Å²) in [6.07, 6.45) is -3.09. The minimum Gasteiger partial charge on any atom is -0.296 e. The number of amides is 2. The van der Waals surface area contributed by atoms with Crippen LogP contribution in [0, 0.1) is 13.5 Å². The molecule has 36 heavy (non-hydrogen) atoms. The van der Waals surface area contributed by atoms with E-state index in [4.69, 9.17) is 6.58 Å². The first kappa shape index (κ1) is 28.1. The van der Waals surface area contributed by atoms with Gasteiger partial charge in [-0.15, -0.1) is 11.8 Å². The number of aromatic nitrogens is 1. The van der Waals surface area contributed by atoms with E-state index < -0.39 is 29.6 Å². The molecule has 2 N–H and O–H groups in total. The van der Waals surface area contributed by atoms with Crippen LogP contribution in [0.25, 0.3) is 0 Å². The molecule has 2 amide bonds. The van der Waals surface area contributed by atoms with Gasteiger partial charge in [-0.3, -0.25) is 4.98 Å². The third-order valence-corrected chi connectivity index (χ3v) is 4.14. The molecule has 0 aliphatic rings. The fourth-order valence-corrected chi connectivity index (χ4v) is 2.69. The summed E-state index contributed by atoms with van der Waals surface area (Å²) in [5.74, 6) is -1.21. The summed E-state index contributed by atoms with van der Waals surface area (Å²) in [6, 6.07) is 15.7. The number of hydrogen-bond acceptors (Lipinski definition) is 6. The zero-order valence-corrected chi connectivity index (χ0v) is 19.4. The third-order valence-electron chi connectivity index (χ3n) is 4.05. The van der Waals surface area contributed by atoms with Crippen LogP contribution in [-0.2, 0) is 32.7 Å². The van der Waals surface area contributed by atoms with Crippen molar-refractivity contribution in [2.24, 2.45) is 9.18 Å². The van der Waals surface area contributed by atoms with E-state index in [1.165, 1.54) is 0 Å². The molecule has 12 heteroatoms. The number of alkyl halides is 3. The molecule has 0 aliphatic heterocycles. The molecule has 0 saturated carbocycles. The molecule has 0 radical (unpaired) electrons. The standard InChI is InChI=1S/C18H14F3N4O3.C6H6N.Ni/c1-11(28-22)23-17(27)25-15-9-13(18(19,20)21)8-14(10-15)24-16(26)7-12-5-3-2-4-6-12;1-6-4-2-3-5-7-6;/h1-6,8-10H,7H2,(H,24,26)(H2,23,25,27);2-5H,1H2;/q2*-1;/p-1. The number of pyridine rings is 1. The minimum absolute atomic E-state index is 0.0886. The number of hydrogen-bond donors (Lipinski definition) is 2. The van der Waals surface area contributed by atoms with Gasteiger partial charge in [0.15, 0.2) is 0 Å². The average molecular weight is 541 g/mol. The summed E-state index contributed by atoms with van der Waals surface area (Å²) in [5, 5.41) is 16.2. The van der Waals surface area contributed by atoms with Crippen molar-refractivity contribution < 1.29 is 43.2 Å². The van der Waals surface area contributed by atoms with Gasteiger partial charge in [0.25, 0.3) is 0 Å². The van der Waals surface area contributed by atoms with Crippen molar-refractivity contribution in [3.05, 3.63) is 109 Å². The number of benzene rings is 2. The number of nitrogens with zero attached hydrogens (tertiary/aromatic N) is 3. The van der Waals surface area contributed by atoms with Crippen LogP contribution in [0.3, 0.4) is 0 Å². The van der Waals surface area contributed by atoms with Gasteiger partial charge in [-0.05, 0) is 5.56 Å². The van der Waals surface area contributed by atoms with Crippen molar-refractivity contribution in [2.75, 3.05) is 5.32 Å². The van der Waals surface area contributed by atoms with Crippen LogP contribution in [0.2, 0.25) is 0 Å². The van der Waals surface area contributed by atoms with E-state index >= 15 is 0 Å². The fraction of sp³-hybridized carbons (Fsp3) is 0.0833. The summed E-state index contributed by atoms with van der Waals surface area (Å²) in [5.41, 5.74) is -0.161. The van der Waals surface area contributed by atoms with Crippen LogP contribution in [0.15, 0.2) is 88.0 Å². The van der Waals surface area contributed by atoms with Gasteiger partial charge < -0.3 is 0 Å². The molecular weight excluding hydrogens is 522 g/mol. The third kappa shape index (κ3) is 10.4. The van der Waals surface area contributed by atoms with E-state index in [0.29, 0.717) is 17.7 Å². The quantitative estimate of drug-likeness (QED) is 0.113. The van der Waals surface area contributed by atoms with Gasteiger partial charge in [0, 0.05) is 6.20 Å². The number of urea groups is 1. The molecule has 1 heterocycles. The Morgan fingerprint density at radius 2 is 1.83 bits per heavy atom. The average Bonchev–Trinajstić information content (AvgIpc) is 2.80. The van der Waals surface area contributed by atoms with Crippen molar-refractivity contribution in [3.8, 4) is 0 Å². The SMILES string of the molecule is [CH-]=C(NC(=O)Nc1cc(N=C([O-])Cc2ccccc2)cc(C(F)(F)F)c1)O[N]=[Ni].[CH2-]c1ccccn1. The van der Waals surface area contributed by atoms with E-state index in [-0.39, 0.29) is 17.8 Å². The maximum atomic E-state index is 13.2. The minimum atomic E-state index is -4.72. The molecule has 0 atom stereocenters. The molecule has 0 saturated heterocycles. The first-order valence-corrected chi connectivity index (χ1v) is 10.4. The van der Waals surface area contributed by atoms with Crippen molar-refractivity contribution in [1.82, 2.24) is 10.3 Å². The molecule has 192 valence electrons. The number of nitrogens with one attached hydrogen (secondary N) is 2. The molecule has 8 nitrogen and oxygen atoms in total. The number of carbonyl (C=O) groups is 1. The molecule has 0 fully saturated rings. The summed E-state index contributed by atoms with van der Waals surface area (Å²) >= 11 is 3.85. The number of halogens is 3. The molecule has 0 unspecified atom stereocenters. The second kappa shape index (κ2) is 13.6. The normalized spacial score (nSPS) is 11.0. The molecule has 1 aromatic heterocycles. The number of anilines is 1. The van der Waals surface area contributed by atoms with Gasteiger partial charge in [0.2, 0.25) is 0 Å². The predicted octanol–water partition coefficient (Wildman–Crippen LogP) is 4.66.